The molecule has 172 valence electrons. The summed E-state index contributed by atoms with van der Waals surface area (Å²) in [6.07, 6.45) is 0.130. The van der Waals surface area contributed by atoms with Gasteiger partial charge in [0.1, 0.15) is 0 Å². The summed E-state index contributed by atoms with van der Waals surface area (Å²) in [5, 5.41) is 9.44. The van der Waals surface area contributed by atoms with E-state index < -0.39 is 16.0 Å². The number of carboxylic acid groups (broad SMARTS) is 1. The molecule has 32 heavy (non-hydrogen) atoms. The lowest BCUT2D eigenvalue weighted by molar-refractivity contribution is -0.138. The van der Waals surface area contributed by atoms with E-state index in [0.29, 0.717) is 30.7 Å². The Morgan fingerprint density at radius 2 is 1.62 bits per heavy atom. The van der Waals surface area contributed by atoms with Crippen LogP contribution in [0.3, 0.4) is 0 Å². The summed E-state index contributed by atoms with van der Waals surface area (Å²) >= 11 is 3.35. The molecule has 9 heteroatoms. The Bertz CT molecular complexity index is 1040. The zero-order valence-corrected chi connectivity index (χ0v) is 20.2. The van der Waals surface area contributed by atoms with Crippen molar-refractivity contribution in [1.82, 2.24) is 14.1 Å². The summed E-state index contributed by atoms with van der Waals surface area (Å²) < 4.78 is 28.3. The summed E-state index contributed by atoms with van der Waals surface area (Å²) in [6.45, 7) is 4.33. The molecule has 2 aliphatic rings. The zero-order chi connectivity index (χ0) is 22.7. The van der Waals surface area contributed by atoms with Crippen molar-refractivity contribution in [3.8, 4) is 0 Å². The fourth-order valence-corrected chi connectivity index (χ4v) is 7.20. The summed E-state index contributed by atoms with van der Waals surface area (Å²) in [6, 6.07) is 17.2. The van der Waals surface area contributed by atoms with Gasteiger partial charge >= 0.3 is 5.97 Å². The van der Waals surface area contributed by atoms with E-state index in [9.17, 15) is 18.3 Å². The van der Waals surface area contributed by atoms with E-state index >= 15 is 0 Å². The van der Waals surface area contributed by atoms with Crippen LogP contribution in [0.15, 0.2) is 64.0 Å². The molecule has 1 N–H and O–H groups in total. The van der Waals surface area contributed by atoms with Gasteiger partial charge in [0.05, 0.1) is 11.3 Å². The number of hydrogen-bond acceptors (Lipinski definition) is 5. The number of benzene rings is 2. The van der Waals surface area contributed by atoms with Gasteiger partial charge in [0.25, 0.3) is 0 Å². The molecule has 2 heterocycles. The van der Waals surface area contributed by atoms with Gasteiger partial charge in [0, 0.05) is 56.3 Å². The lowest BCUT2D eigenvalue weighted by Gasteiger charge is -2.39. The molecule has 2 saturated heterocycles. The lowest BCUT2D eigenvalue weighted by atomic mass is 9.98. The van der Waals surface area contributed by atoms with Crippen LogP contribution in [0.1, 0.15) is 12.0 Å². The van der Waals surface area contributed by atoms with Crippen molar-refractivity contribution in [3.63, 3.8) is 0 Å². The third kappa shape index (κ3) is 5.23. The van der Waals surface area contributed by atoms with Crippen molar-refractivity contribution in [1.29, 1.82) is 0 Å². The van der Waals surface area contributed by atoms with Crippen LogP contribution < -0.4 is 0 Å². The van der Waals surface area contributed by atoms with Crippen molar-refractivity contribution in [2.45, 2.75) is 23.9 Å². The number of hydrogen-bond donors (Lipinski definition) is 1. The summed E-state index contributed by atoms with van der Waals surface area (Å²) in [4.78, 5) is 16.4. The second kappa shape index (κ2) is 10.0. The highest BCUT2D eigenvalue weighted by Gasteiger charge is 2.40. The predicted octanol–water partition coefficient (Wildman–Crippen LogP) is 2.73. The molecule has 0 aromatic heterocycles. The second-order valence-corrected chi connectivity index (χ2v) is 11.2. The number of rotatable bonds is 7. The molecule has 0 spiro atoms. The average Bonchev–Trinajstić information content (AvgIpc) is 3.16. The molecule has 7 nitrogen and oxygen atoms in total. The van der Waals surface area contributed by atoms with Crippen LogP contribution in [0.5, 0.6) is 0 Å². The SMILES string of the molecule is O=C(O)C[C@@H]1CN(Cc2ccccc2)C[C@@H]1N1CCN(S(=O)(=O)c2ccccc2Br)CC1. The molecule has 2 fully saturated rings. The van der Waals surface area contributed by atoms with E-state index in [-0.39, 0.29) is 23.3 Å². The van der Waals surface area contributed by atoms with Crippen molar-refractivity contribution < 1.29 is 18.3 Å². The fourth-order valence-electron chi connectivity index (χ4n) is 4.82. The molecule has 0 saturated carbocycles. The number of likely N-dealkylation sites (tertiary alicyclic amines) is 1. The van der Waals surface area contributed by atoms with Crippen LogP contribution in [0.2, 0.25) is 0 Å². The maximum Gasteiger partial charge on any atom is 0.303 e. The van der Waals surface area contributed by atoms with Crippen molar-refractivity contribution in [2.75, 3.05) is 39.3 Å². The van der Waals surface area contributed by atoms with Crippen LogP contribution >= 0.6 is 15.9 Å². The largest absolute Gasteiger partial charge is 0.481 e. The predicted molar refractivity (Wildman–Crippen MR) is 126 cm³/mol. The minimum Gasteiger partial charge on any atom is -0.481 e. The molecule has 0 aliphatic carbocycles. The molecule has 2 aromatic carbocycles. The number of sulfonamides is 1. The van der Waals surface area contributed by atoms with Gasteiger partial charge in [0.15, 0.2) is 0 Å². The van der Waals surface area contributed by atoms with E-state index in [1.165, 1.54) is 9.87 Å². The van der Waals surface area contributed by atoms with Crippen LogP contribution in [-0.4, -0.2) is 78.9 Å². The van der Waals surface area contributed by atoms with Gasteiger partial charge < -0.3 is 5.11 Å². The second-order valence-electron chi connectivity index (χ2n) is 8.48. The van der Waals surface area contributed by atoms with E-state index in [2.05, 4.69) is 37.9 Å². The molecule has 4 rings (SSSR count). The van der Waals surface area contributed by atoms with Gasteiger partial charge in [-0.1, -0.05) is 42.5 Å². The molecule has 0 unspecified atom stereocenters. The molecule has 2 aliphatic heterocycles. The van der Waals surface area contributed by atoms with E-state index in [0.717, 1.165) is 19.6 Å². The van der Waals surface area contributed by atoms with E-state index in [1.54, 1.807) is 24.3 Å². The van der Waals surface area contributed by atoms with E-state index in [1.807, 2.05) is 18.2 Å². The Morgan fingerprint density at radius 3 is 2.28 bits per heavy atom. The Balaban J connectivity index is 1.42. The molecular formula is C23H28BrN3O4S. The standard InChI is InChI=1S/C23H28BrN3O4S/c24-20-8-4-5-9-22(20)32(30,31)27-12-10-26(11-13-27)21-17-25(16-19(21)14-23(28)29)15-18-6-2-1-3-7-18/h1-9,19,21H,10-17H2,(H,28,29)/t19-,21+/m1/s1. The number of halogens is 1. The van der Waals surface area contributed by atoms with Gasteiger partial charge in [-0.25, -0.2) is 8.42 Å². The summed E-state index contributed by atoms with van der Waals surface area (Å²) in [5.74, 6) is -0.751. The molecule has 2 aromatic rings. The smallest absolute Gasteiger partial charge is 0.303 e. The van der Waals surface area contributed by atoms with Gasteiger partial charge in [0.2, 0.25) is 10.0 Å². The zero-order valence-electron chi connectivity index (χ0n) is 17.8. The topological polar surface area (TPSA) is 81.2 Å². The number of carboxylic acids is 1. The van der Waals surface area contributed by atoms with Gasteiger partial charge in [-0.15, -0.1) is 0 Å². The minimum absolute atomic E-state index is 0.0302. The van der Waals surface area contributed by atoms with Crippen LogP contribution in [0.4, 0.5) is 0 Å². The Hall–Kier alpha value is -1.78. The van der Waals surface area contributed by atoms with Crippen LogP contribution in [0, 0.1) is 5.92 Å². The first kappa shape index (κ1) is 23.4. The highest BCUT2D eigenvalue weighted by molar-refractivity contribution is 9.10. The number of piperazine rings is 1. The minimum atomic E-state index is -3.57. The van der Waals surface area contributed by atoms with Crippen molar-refractivity contribution >= 4 is 31.9 Å². The third-order valence-electron chi connectivity index (χ3n) is 6.36. The summed E-state index contributed by atoms with van der Waals surface area (Å²) in [5.41, 5.74) is 1.21. The maximum atomic E-state index is 13.1. The molecule has 0 radical (unpaired) electrons. The fraction of sp³-hybridized carbons (Fsp3) is 0.435. The Kier molecular flexibility index (Phi) is 7.31. The lowest BCUT2D eigenvalue weighted by Crippen LogP contribution is -2.54. The maximum absolute atomic E-state index is 13.1. The molecule has 0 bridgehead atoms. The molecule has 0 amide bonds. The first-order valence-corrected chi connectivity index (χ1v) is 13.0. The summed E-state index contributed by atoms with van der Waals surface area (Å²) in [7, 11) is -3.57. The van der Waals surface area contributed by atoms with Crippen molar-refractivity contribution in [3.05, 3.63) is 64.6 Å². The highest BCUT2D eigenvalue weighted by atomic mass is 79.9. The first-order chi connectivity index (χ1) is 15.3. The van der Waals surface area contributed by atoms with Crippen molar-refractivity contribution in [2.24, 2.45) is 5.92 Å². The number of carbonyl (C=O) groups is 1. The number of nitrogens with zero attached hydrogens (tertiary/aromatic N) is 3. The van der Waals surface area contributed by atoms with Gasteiger partial charge in [-0.3, -0.25) is 14.6 Å². The van der Waals surface area contributed by atoms with E-state index in [4.69, 9.17) is 0 Å². The molecule has 2 atom stereocenters. The average molecular weight is 522 g/mol. The normalized spacial score (nSPS) is 23.4. The highest BCUT2D eigenvalue weighted by Crippen LogP contribution is 2.29. The monoisotopic (exact) mass is 521 g/mol. The van der Waals surface area contributed by atoms with Gasteiger partial charge in [-0.2, -0.15) is 4.31 Å². The Morgan fingerprint density at radius 1 is 0.969 bits per heavy atom. The van der Waals surface area contributed by atoms with Crippen LogP contribution in [0.25, 0.3) is 0 Å². The van der Waals surface area contributed by atoms with Crippen LogP contribution in [-0.2, 0) is 21.4 Å². The van der Waals surface area contributed by atoms with Gasteiger partial charge in [-0.05, 0) is 39.5 Å². The Labute approximate surface area is 197 Å². The first-order valence-electron chi connectivity index (χ1n) is 10.8. The quantitative estimate of drug-likeness (QED) is 0.603. The third-order valence-corrected chi connectivity index (χ3v) is 9.28. The molecular weight excluding hydrogens is 494 g/mol. The number of aliphatic carboxylic acids is 1.